The van der Waals surface area contributed by atoms with E-state index in [0.29, 0.717) is 5.75 Å². The summed E-state index contributed by atoms with van der Waals surface area (Å²) in [5.74, 6) is 0.383. The van der Waals surface area contributed by atoms with Gasteiger partial charge in [0.25, 0.3) is 0 Å². The van der Waals surface area contributed by atoms with E-state index in [2.05, 4.69) is 24.5 Å². The van der Waals surface area contributed by atoms with E-state index >= 15 is 0 Å². The smallest absolute Gasteiger partial charge is 0.115 e. The zero-order valence-electron chi connectivity index (χ0n) is 11.9. The standard InChI is InChI=1S/C17H25NO/c1-3-9-17(15-7-5-8-16(19)13-15)10-6-12-18(14-17)11-4-2/h4-5,7-8,13,19H,2-3,6,9-12,14H2,1H3. The first-order valence-corrected chi connectivity index (χ1v) is 7.33. The summed E-state index contributed by atoms with van der Waals surface area (Å²) in [6, 6.07) is 7.85. The fourth-order valence-electron chi connectivity index (χ4n) is 3.46. The molecule has 2 rings (SSSR count). The number of benzene rings is 1. The van der Waals surface area contributed by atoms with Gasteiger partial charge in [-0.15, -0.1) is 6.58 Å². The van der Waals surface area contributed by atoms with Crippen molar-refractivity contribution in [3.63, 3.8) is 0 Å². The number of rotatable bonds is 5. The normalized spacial score (nSPS) is 24.3. The van der Waals surface area contributed by atoms with Gasteiger partial charge >= 0.3 is 0 Å². The minimum atomic E-state index is 0.203. The van der Waals surface area contributed by atoms with E-state index in [4.69, 9.17) is 0 Å². The van der Waals surface area contributed by atoms with Crippen LogP contribution < -0.4 is 0 Å². The Balaban J connectivity index is 2.28. The Bertz CT molecular complexity index is 425. The molecule has 104 valence electrons. The molecule has 0 aliphatic carbocycles. The Labute approximate surface area is 116 Å². The molecular formula is C17H25NO. The fraction of sp³-hybridized carbons (Fsp3) is 0.529. The lowest BCUT2D eigenvalue weighted by Gasteiger charge is -2.43. The van der Waals surface area contributed by atoms with Crippen LogP contribution in [0.4, 0.5) is 0 Å². The Morgan fingerprint density at radius 2 is 2.32 bits per heavy atom. The van der Waals surface area contributed by atoms with Crippen LogP contribution in [0, 0.1) is 0 Å². The van der Waals surface area contributed by atoms with Crippen molar-refractivity contribution < 1.29 is 5.11 Å². The molecule has 0 aromatic heterocycles. The average molecular weight is 259 g/mol. The maximum Gasteiger partial charge on any atom is 0.115 e. The van der Waals surface area contributed by atoms with Crippen molar-refractivity contribution >= 4 is 0 Å². The van der Waals surface area contributed by atoms with Gasteiger partial charge in [0.05, 0.1) is 0 Å². The number of aromatic hydroxyl groups is 1. The molecule has 1 aromatic rings. The second-order valence-corrected chi connectivity index (χ2v) is 5.71. The van der Waals surface area contributed by atoms with Gasteiger partial charge in [-0.05, 0) is 43.5 Å². The highest BCUT2D eigenvalue weighted by Gasteiger charge is 2.36. The number of likely N-dealkylation sites (tertiary alicyclic amines) is 1. The van der Waals surface area contributed by atoms with Crippen molar-refractivity contribution in [2.75, 3.05) is 19.6 Å². The summed E-state index contributed by atoms with van der Waals surface area (Å²) < 4.78 is 0. The molecule has 1 saturated heterocycles. The number of phenols is 1. The molecule has 0 spiro atoms. The molecule has 1 unspecified atom stereocenters. The average Bonchev–Trinajstić information content (AvgIpc) is 2.40. The molecule has 1 aliphatic rings. The molecule has 0 bridgehead atoms. The van der Waals surface area contributed by atoms with Crippen LogP contribution in [-0.4, -0.2) is 29.6 Å². The van der Waals surface area contributed by atoms with E-state index in [9.17, 15) is 5.11 Å². The van der Waals surface area contributed by atoms with Crippen molar-refractivity contribution in [1.29, 1.82) is 0 Å². The second-order valence-electron chi connectivity index (χ2n) is 5.71. The first kappa shape index (κ1) is 14.1. The monoisotopic (exact) mass is 259 g/mol. The summed E-state index contributed by atoms with van der Waals surface area (Å²) in [6.45, 7) is 9.31. The minimum absolute atomic E-state index is 0.203. The number of hydrogen-bond donors (Lipinski definition) is 1. The van der Waals surface area contributed by atoms with Gasteiger partial charge in [-0.1, -0.05) is 31.6 Å². The van der Waals surface area contributed by atoms with Crippen LogP contribution in [-0.2, 0) is 5.41 Å². The van der Waals surface area contributed by atoms with Crippen molar-refractivity contribution in [2.45, 2.75) is 38.0 Å². The topological polar surface area (TPSA) is 23.5 Å². The molecule has 0 amide bonds. The summed E-state index contributed by atoms with van der Waals surface area (Å²) in [5.41, 5.74) is 1.50. The molecule has 1 atom stereocenters. The zero-order chi connectivity index (χ0) is 13.7. The van der Waals surface area contributed by atoms with Gasteiger partial charge in [-0.3, -0.25) is 4.90 Å². The highest BCUT2D eigenvalue weighted by molar-refractivity contribution is 5.34. The first-order chi connectivity index (χ1) is 9.20. The molecule has 0 radical (unpaired) electrons. The van der Waals surface area contributed by atoms with E-state index in [1.807, 2.05) is 18.2 Å². The summed E-state index contributed by atoms with van der Waals surface area (Å²) in [5, 5.41) is 9.77. The minimum Gasteiger partial charge on any atom is -0.508 e. The highest BCUT2D eigenvalue weighted by Crippen LogP contribution is 2.39. The lowest BCUT2D eigenvalue weighted by atomic mass is 9.71. The second kappa shape index (κ2) is 6.25. The van der Waals surface area contributed by atoms with E-state index in [0.717, 1.165) is 19.6 Å². The largest absolute Gasteiger partial charge is 0.508 e. The van der Waals surface area contributed by atoms with E-state index < -0.39 is 0 Å². The molecule has 0 saturated carbocycles. The highest BCUT2D eigenvalue weighted by atomic mass is 16.3. The van der Waals surface area contributed by atoms with Crippen LogP contribution in [0.2, 0.25) is 0 Å². The van der Waals surface area contributed by atoms with E-state index in [1.165, 1.54) is 31.2 Å². The van der Waals surface area contributed by atoms with Gasteiger partial charge in [0.1, 0.15) is 5.75 Å². The lowest BCUT2D eigenvalue weighted by molar-refractivity contribution is 0.150. The molecule has 19 heavy (non-hydrogen) atoms. The molecule has 1 aromatic carbocycles. The number of hydrogen-bond acceptors (Lipinski definition) is 2. The molecule has 1 N–H and O–H groups in total. The van der Waals surface area contributed by atoms with Crippen LogP contribution in [0.5, 0.6) is 5.75 Å². The van der Waals surface area contributed by atoms with Gasteiger partial charge < -0.3 is 5.11 Å². The number of piperidine rings is 1. The Kier molecular flexibility index (Phi) is 4.65. The van der Waals surface area contributed by atoms with Crippen LogP contribution >= 0.6 is 0 Å². The molecule has 2 heteroatoms. The van der Waals surface area contributed by atoms with Crippen molar-refractivity contribution in [2.24, 2.45) is 0 Å². The molecular weight excluding hydrogens is 234 g/mol. The van der Waals surface area contributed by atoms with Gasteiger partial charge in [-0.25, -0.2) is 0 Å². The van der Waals surface area contributed by atoms with Gasteiger partial charge in [0.2, 0.25) is 0 Å². The Hall–Kier alpha value is -1.28. The van der Waals surface area contributed by atoms with E-state index in [1.54, 1.807) is 6.07 Å². The van der Waals surface area contributed by atoms with Crippen LogP contribution in [0.15, 0.2) is 36.9 Å². The fourth-order valence-corrected chi connectivity index (χ4v) is 3.46. The SMILES string of the molecule is C=CCN1CCCC(CCC)(c2cccc(O)c2)C1. The predicted molar refractivity (Wildman–Crippen MR) is 80.6 cm³/mol. The zero-order valence-corrected chi connectivity index (χ0v) is 11.9. The van der Waals surface area contributed by atoms with Gasteiger partial charge in [0.15, 0.2) is 0 Å². The third-order valence-corrected chi connectivity index (χ3v) is 4.23. The molecule has 1 heterocycles. The lowest BCUT2D eigenvalue weighted by Crippen LogP contribution is -2.46. The predicted octanol–water partition coefficient (Wildman–Crippen LogP) is 3.71. The third kappa shape index (κ3) is 3.19. The first-order valence-electron chi connectivity index (χ1n) is 7.33. The van der Waals surface area contributed by atoms with Gasteiger partial charge in [0, 0.05) is 18.5 Å². The summed E-state index contributed by atoms with van der Waals surface area (Å²) in [7, 11) is 0. The third-order valence-electron chi connectivity index (χ3n) is 4.23. The Morgan fingerprint density at radius 1 is 1.47 bits per heavy atom. The van der Waals surface area contributed by atoms with E-state index in [-0.39, 0.29) is 5.41 Å². The number of nitrogens with zero attached hydrogens (tertiary/aromatic N) is 1. The molecule has 2 nitrogen and oxygen atoms in total. The summed E-state index contributed by atoms with van der Waals surface area (Å²) in [6.07, 6.45) is 6.80. The summed E-state index contributed by atoms with van der Waals surface area (Å²) >= 11 is 0. The van der Waals surface area contributed by atoms with Crippen molar-refractivity contribution in [3.05, 3.63) is 42.5 Å². The molecule has 1 aliphatic heterocycles. The van der Waals surface area contributed by atoms with Crippen LogP contribution in [0.25, 0.3) is 0 Å². The summed E-state index contributed by atoms with van der Waals surface area (Å²) in [4.78, 5) is 2.48. The Morgan fingerprint density at radius 3 is 3.00 bits per heavy atom. The molecule has 1 fully saturated rings. The maximum absolute atomic E-state index is 9.77. The van der Waals surface area contributed by atoms with Crippen molar-refractivity contribution in [3.8, 4) is 5.75 Å². The van der Waals surface area contributed by atoms with Gasteiger partial charge in [-0.2, -0.15) is 0 Å². The van der Waals surface area contributed by atoms with Crippen LogP contribution in [0.3, 0.4) is 0 Å². The van der Waals surface area contributed by atoms with Crippen molar-refractivity contribution in [1.82, 2.24) is 4.90 Å². The van der Waals surface area contributed by atoms with Crippen LogP contribution in [0.1, 0.15) is 38.2 Å². The number of phenolic OH excluding ortho intramolecular Hbond substituents is 1. The maximum atomic E-state index is 9.77. The quantitative estimate of drug-likeness (QED) is 0.815.